The molecule has 1 saturated heterocycles. The molecule has 0 spiro atoms. The Labute approximate surface area is 262 Å². The van der Waals surface area contributed by atoms with Crippen molar-refractivity contribution in [3.05, 3.63) is 41.5 Å². The Morgan fingerprint density at radius 1 is 1.05 bits per heavy atom. The molecule has 0 radical (unpaired) electrons. The Kier molecular flexibility index (Phi) is 10.7. The van der Waals surface area contributed by atoms with Gasteiger partial charge in [0.25, 0.3) is 8.32 Å². The van der Waals surface area contributed by atoms with Gasteiger partial charge in [-0.05, 0) is 64.4 Å². The molecule has 1 N–H and O–H groups in total. The lowest BCUT2D eigenvalue weighted by molar-refractivity contribution is 0.0254. The second-order valence-electron chi connectivity index (χ2n) is 14.0. The molecule has 2 aliphatic heterocycles. The SMILES string of the molecule is CCN(C(=O)OC(C)(C)C)c1cc2c(c(O[Si](C)(C)C(C)(C)C)c1)C(=O)O[C@@H](C)[C@H](C)/C=C\[C@@H](O)[C@H]1OC(=O)O[C@H]1CC=C2. The number of amides is 1. The number of carbonyl (C=O) groups excluding carboxylic acids is 3. The molecule has 5 atom stereocenters. The lowest BCUT2D eigenvalue weighted by Gasteiger charge is -2.37. The third kappa shape index (κ3) is 8.44. The molecule has 1 fully saturated rings. The fraction of sp³-hybridized carbons (Fsp3) is 0.606. The van der Waals surface area contributed by atoms with Crippen molar-refractivity contribution >= 4 is 38.3 Å². The smallest absolute Gasteiger partial charge is 0.509 e. The number of nitrogens with zero attached hydrogens (tertiary/aromatic N) is 1. The van der Waals surface area contributed by atoms with E-state index in [1.165, 1.54) is 11.0 Å². The Morgan fingerprint density at radius 2 is 1.70 bits per heavy atom. The van der Waals surface area contributed by atoms with E-state index in [0.29, 0.717) is 23.5 Å². The molecule has 1 aromatic rings. The van der Waals surface area contributed by atoms with Crippen LogP contribution in [0.25, 0.3) is 6.08 Å². The van der Waals surface area contributed by atoms with Crippen LogP contribution < -0.4 is 9.33 Å². The van der Waals surface area contributed by atoms with Crippen molar-refractivity contribution in [1.29, 1.82) is 0 Å². The van der Waals surface area contributed by atoms with E-state index in [0.717, 1.165) is 0 Å². The van der Waals surface area contributed by atoms with Gasteiger partial charge in [0.05, 0.1) is 5.69 Å². The van der Waals surface area contributed by atoms with E-state index < -0.39 is 56.6 Å². The minimum Gasteiger partial charge on any atom is -0.543 e. The van der Waals surface area contributed by atoms with Crippen LogP contribution in [-0.4, -0.2) is 68.2 Å². The van der Waals surface area contributed by atoms with Gasteiger partial charge in [0.2, 0.25) is 0 Å². The van der Waals surface area contributed by atoms with Crippen molar-refractivity contribution in [2.75, 3.05) is 11.4 Å². The average Bonchev–Trinajstić information content (AvgIpc) is 3.25. The number of carbonyl (C=O) groups is 3. The van der Waals surface area contributed by atoms with E-state index in [1.54, 1.807) is 58.1 Å². The summed E-state index contributed by atoms with van der Waals surface area (Å²) in [5, 5.41) is 10.6. The Bertz CT molecular complexity index is 1290. The maximum atomic E-state index is 14.0. The quantitative estimate of drug-likeness (QED) is 0.158. The van der Waals surface area contributed by atoms with Gasteiger partial charge >= 0.3 is 18.2 Å². The summed E-state index contributed by atoms with van der Waals surface area (Å²) >= 11 is 0. The van der Waals surface area contributed by atoms with E-state index in [4.69, 9.17) is 23.4 Å². The minimum absolute atomic E-state index is 0.193. The van der Waals surface area contributed by atoms with Crippen molar-refractivity contribution < 1.29 is 42.9 Å². The van der Waals surface area contributed by atoms with Gasteiger partial charge in [-0.25, -0.2) is 14.4 Å². The van der Waals surface area contributed by atoms with E-state index in [9.17, 15) is 19.5 Å². The van der Waals surface area contributed by atoms with Crippen LogP contribution >= 0.6 is 0 Å². The lowest BCUT2D eigenvalue weighted by Crippen LogP contribution is -2.44. The molecule has 0 aliphatic carbocycles. The van der Waals surface area contributed by atoms with Crippen molar-refractivity contribution in [2.45, 2.75) is 117 Å². The first kappa shape index (κ1) is 35.2. The van der Waals surface area contributed by atoms with Crippen LogP contribution in [0.1, 0.15) is 84.7 Å². The van der Waals surface area contributed by atoms with Crippen molar-refractivity contribution in [1.82, 2.24) is 0 Å². The monoisotopic (exact) mass is 631 g/mol. The number of esters is 1. The van der Waals surface area contributed by atoms with Crippen molar-refractivity contribution in [3.8, 4) is 5.75 Å². The van der Waals surface area contributed by atoms with Gasteiger partial charge in [0, 0.05) is 24.9 Å². The zero-order chi connectivity index (χ0) is 33.2. The number of rotatable bonds is 4. The number of fused-ring (bicyclic) bond motifs is 2. The third-order valence-corrected chi connectivity index (χ3v) is 12.6. The van der Waals surface area contributed by atoms with Crippen LogP contribution in [-0.2, 0) is 18.9 Å². The fourth-order valence-electron chi connectivity index (χ4n) is 4.47. The van der Waals surface area contributed by atoms with Crippen LogP contribution in [0.2, 0.25) is 18.1 Å². The van der Waals surface area contributed by atoms with Crippen LogP contribution in [0, 0.1) is 5.92 Å². The molecule has 0 unspecified atom stereocenters. The summed E-state index contributed by atoms with van der Waals surface area (Å²) in [6.07, 6.45) is 2.20. The highest BCUT2D eigenvalue weighted by molar-refractivity contribution is 6.74. The number of hydrogen-bond acceptors (Lipinski definition) is 9. The molecule has 0 bridgehead atoms. The second-order valence-corrected chi connectivity index (χ2v) is 18.7. The largest absolute Gasteiger partial charge is 0.543 e. The highest BCUT2D eigenvalue weighted by Crippen LogP contribution is 2.41. The molecule has 44 heavy (non-hydrogen) atoms. The molecule has 0 saturated carbocycles. The maximum Gasteiger partial charge on any atom is 0.509 e. The predicted octanol–water partition coefficient (Wildman–Crippen LogP) is 7.25. The van der Waals surface area contributed by atoms with E-state index >= 15 is 0 Å². The molecule has 3 rings (SSSR count). The molecule has 2 aliphatic rings. The zero-order valence-corrected chi connectivity index (χ0v) is 28.9. The third-order valence-electron chi connectivity index (χ3n) is 8.23. The summed E-state index contributed by atoms with van der Waals surface area (Å²) < 4.78 is 29.0. The summed E-state index contributed by atoms with van der Waals surface area (Å²) in [5.41, 5.74) is 0.455. The summed E-state index contributed by atoms with van der Waals surface area (Å²) in [7, 11) is -2.50. The molecule has 244 valence electrons. The van der Waals surface area contributed by atoms with Crippen LogP contribution in [0.5, 0.6) is 5.75 Å². The number of cyclic esters (lactones) is 1. The van der Waals surface area contributed by atoms with Gasteiger partial charge in [-0.3, -0.25) is 4.90 Å². The molecule has 1 aromatic carbocycles. The summed E-state index contributed by atoms with van der Waals surface area (Å²) in [5.74, 6) is -0.546. The Balaban J connectivity index is 2.25. The molecule has 11 heteroatoms. The Morgan fingerprint density at radius 3 is 2.30 bits per heavy atom. The standard InChI is InChI=1S/C33H49NO9Si/c1-12-34(30(37)42-32(4,5)6)23-18-22-14-13-15-25-28(41-31(38)40-25)24(35)17-16-20(2)21(3)39-29(36)27(22)26(19-23)43-44(10,11)33(7,8)9/h13-14,16-21,24-25,28,35H,12,15H2,1-11H3/b14-13?,17-16-/t20-,21+,24-,25+,28-/m1/s1. The fourth-order valence-corrected chi connectivity index (χ4v) is 5.48. The molecular weight excluding hydrogens is 582 g/mol. The average molecular weight is 632 g/mol. The summed E-state index contributed by atoms with van der Waals surface area (Å²) in [6.45, 7) is 21.6. The predicted molar refractivity (Wildman–Crippen MR) is 172 cm³/mol. The molecule has 2 heterocycles. The molecule has 10 nitrogen and oxygen atoms in total. The van der Waals surface area contributed by atoms with E-state index in [1.807, 2.05) is 13.8 Å². The van der Waals surface area contributed by atoms with E-state index in [-0.39, 0.29) is 22.9 Å². The molecule has 0 aromatic heterocycles. The number of ether oxygens (including phenoxy) is 4. The van der Waals surface area contributed by atoms with Crippen molar-refractivity contribution in [2.24, 2.45) is 5.92 Å². The van der Waals surface area contributed by atoms with E-state index in [2.05, 4.69) is 33.9 Å². The van der Waals surface area contributed by atoms with Crippen LogP contribution in [0.4, 0.5) is 15.3 Å². The van der Waals surface area contributed by atoms with Crippen LogP contribution in [0.15, 0.2) is 30.4 Å². The van der Waals surface area contributed by atoms with Gasteiger partial charge in [-0.15, -0.1) is 0 Å². The number of aliphatic hydroxyl groups is 1. The number of aliphatic hydroxyl groups excluding tert-OH is 1. The zero-order valence-electron chi connectivity index (χ0n) is 27.9. The molecular formula is C33H49NO9Si. The first-order valence-electron chi connectivity index (χ1n) is 15.2. The van der Waals surface area contributed by atoms with Gasteiger partial charge in [0.15, 0.2) is 6.10 Å². The van der Waals surface area contributed by atoms with Crippen molar-refractivity contribution in [3.63, 3.8) is 0 Å². The highest BCUT2D eigenvalue weighted by atomic mass is 28.4. The highest BCUT2D eigenvalue weighted by Gasteiger charge is 2.42. The molecule has 1 amide bonds. The minimum atomic E-state index is -2.50. The number of anilines is 1. The van der Waals surface area contributed by atoms with Gasteiger partial charge in [-0.2, -0.15) is 0 Å². The Hall–Kier alpha value is -3.31. The summed E-state index contributed by atoms with van der Waals surface area (Å²) in [6, 6.07) is 3.43. The first-order valence-corrected chi connectivity index (χ1v) is 18.1. The topological polar surface area (TPSA) is 121 Å². The van der Waals surface area contributed by atoms with Gasteiger partial charge < -0.3 is 28.5 Å². The first-order chi connectivity index (χ1) is 20.2. The second kappa shape index (κ2) is 13.4. The van der Waals surface area contributed by atoms with Gasteiger partial charge in [0.1, 0.15) is 35.2 Å². The van der Waals surface area contributed by atoms with Crippen LogP contribution in [0.3, 0.4) is 0 Å². The normalized spacial score (nSPS) is 25.4. The number of hydrogen-bond donors (Lipinski definition) is 1. The summed E-state index contributed by atoms with van der Waals surface area (Å²) in [4.78, 5) is 40.7. The van der Waals surface area contributed by atoms with Gasteiger partial charge in [-0.1, -0.05) is 52.0 Å². The number of benzene rings is 1. The maximum absolute atomic E-state index is 14.0. The lowest BCUT2D eigenvalue weighted by atomic mass is 9.98.